The summed E-state index contributed by atoms with van der Waals surface area (Å²) in [5.41, 5.74) is -1.83. The lowest BCUT2D eigenvalue weighted by atomic mass is 10.1. The van der Waals surface area contributed by atoms with Gasteiger partial charge in [0.25, 0.3) is 0 Å². The molecule has 31 heavy (non-hydrogen) atoms. The van der Waals surface area contributed by atoms with E-state index >= 15 is 0 Å². The third-order valence-corrected chi connectivity index (χ3v) is 6.70. The molecule has 0 aliphatic rings. The highest BCUT2D eigenvalue weighted by atomic mass is 32.2. The van der Waals surface area contributed by atoms with E-state index in [1.165, 1.54) is 24.4 Å². The Balaban J connectivity index is 2.39. The van der Waals surface area contributed by atoms with Crippen molar-refractivity contribution < 1.29 is 35.7 Å². The number of esters is 1. The molecule has 0 amide bonds. The van der Waals surface area contributed by atoms with Gasteiger partial charge in [-0.1, -0.05) is 18.2 Å². The minimum absolute atomic E-state index is 0.0562. The fourth-order valence-corrected chi connectivity index (χ4v) is 4.59. The van der Waals surface area contributed by atoms with E-state index in [0.29, 0.717) is 4.31 Å². The van der Waals surface area contributed by atoms with Gasteiger partial charge in [-0.05, 0) is 30.2 Å². The van der Waals surface area contributed by atoms with E-state index in [2.05, 4.69) is 4.98 Å². The fraction of sp³-hybridized carbons (Fsp3) is 0.368. The van der Waals surface area contributed by atoms with E-state index in [4.69, 9.17) is 4.74 Å². The van der Waals surface area contributed by atoms with Crippen LogP contribution in [0.1, 0.15) is 34.1 Å². The maximum Gasteiger partial charge on any atom is 0.418 e. The Labute approximate surface area is 181 Å². The number of carbonyl (C=O) groups is 1. The zero-order valence-electron chi connectivity index (χ0n) is 17.0. The number of alkyl halides is 3. The summed E-state index contributed by atoms with van der Waals surface area (Å²) in [5, 5.41) is 0. The van der Waals surface area contributed by atoms with Crippen molar-refractivity contribution in [3.63, 3.8) is 0 Å². The van der Waals surface area contributed by atoms with E-state index in [9.17, 15) is 30.9 Å². The van der Waals surface area contributed by atoms with Crippen molar-refractivity contribution >= 4 is 32.9 Å². The molecule has 2 aromatic rings. The minimum atomic E-state index is -4.88. The lowest BCUT2D eigenvalue weighted by molar-refractivity contribution is -0.137. The predicted molar refractivity (Wildman–Crippen MR) is 110 cm³/mol. The molecule has 0 aliphatic heterocycles. The maximum absolute atomic E-state index is 13.8. The van der Waals surface area contributed by atoms with E-state index < -0.39 is 50.3 Å². The zero-order valence-corrected chi connectivity index (χ0v) is 18.6. The largest absolute Gasteiger partial charge is 0.616 e. The van der Waals surface area contributed by atoms with Crippen molar-refractivity contribution in [1.82, 2.24) is 4.98 Å². The number of anilines is 1. The first kappa shape index (κ1) is 25.0. The van der Waals surface area contributed by atoms with Crippen molar-refractivity contribution in [2.24, 2.45) is 0 Å². The van der Waals surface area contributed by atoms with Crippen LogP contribution in [0, 0.1) is 0 Å². The molecule has 170 valence electrons. The van der Waals surface area contributed by atoms with Crippen molar-refractivity contribution in [2.75, 3.05) is 24.2 Å². The van der Waals surface area contributed by atoms with Gasteiger partial charge in [-0.3, -0.25) is 4.31 Å². The van der Waals surface area contributed by atoms with Gasteiger partial charge in [0, 0.05) is 24.4 Å². The molecule has 1 heterocycles. The van der Waals surface area contributed by atoms with Crippen LogP contribution in [0.3, 0.4) is 0 Å². The summed E-state index contributed by atoms with van der Waals surface area (Å²) in [6.07, 6.45) is -2.73. The van der Waals surface area contributed by atoms with Gasteiger partial charge in [-0.25, -0.2) is 18.2 Å². The van der Waals surface area contributed by atoms with Gasteiger partial charge in [0.1, 0.15) is 11.5 Å². The first-order chi connectivity index (χ1) is 14.4. The van der Waals surface area contributed by atoms with E-state index in [-0.39, 0.29) is 29.2 Å². The van der Waals surface area contributed by atoms with Crippen LogP contribution < -0.4 is 4.31 Å². The molecule has 7 nitrogen and oxygen atoms in total. The fourth-order valence-electron chi connectivity index (χ4n) is 2.81. The third kappa shape index (κ3) is 6.34. The van der Waals surface area contributed by atoms with Gasteiger partial charge in [0.2, 0.25) is 10.0 Å². The van der Waals surface area contributed by atoms with Gasteiger partial charge in [0.05, 0.1) is 24.1 Å². The molecular formula is C19H21F3N2O5S2. The molecule has 0 aliphatic carbocycles. The van der Waals surface area contributed by atoms with Crippen LogP contribution in [-0.2, 0) is 43.6 Å². The first-order valence-electron chi connectivity index (χ1n) is 8.95. The number of sulfonamides is 1. The normalized spacial score (nSPS) is 13.0. The maximum atomic E-state index is 13.8. The van der Waals surface area contributed by atoms with E-state index in [1.807, 2.05) is 0 Å². The summed E-state index contributed by atoms with van der Waals surface area (Å²) < 4.78 is 83.1. The summed E-state index contributed by atoms with van der Waals surface area (Å²) in [7, 11) is -2.94. The number of rotatable bonds is 8. The lowest BCUT2D eigenvalue weighted by Crippen LogP contribution is -2.28. The summed E-state index contributed by atoms with van der Waals surface area (Å²) in [6.45, 7) is 1.71. The van der Waals surface area contributed by atoms with Crippen molar-refractivity contribution in [3.05, 3.63) is 58.9 Å². The van der Waals surface area contributed by atoms with Crippen LogP contribution in [0.4, 0.5) is 18.9 Å². The average molecular weight is 479 g/mol. The summed E-state index contributed by atoms with van der Waals surface area (Å²) >= 11 is -1.86. The number of carbonyl (C=O) groups excluding carboxylic acids is 1. The van der Waals surface area contributed by atoms with Gasteiger partial charge in [-0.15, -0.1) is 0 Å². The molecule has 1 atom stereocenters. The van der Waals surface area contributed by atoms with Crippen molar-refractivity contribution in [3.8, 4) is 0 Å². The van der Waals surface area contributed by atoms with Gasteiger partial charge in [-0.2, -0.15) is 13.2 Å². The Kier molecular flexibility index (Phi) is 7.95. The molecule has 0 radical (unpaired) electrons. The molecule has 0 spiro atoms. The first-order valence-corrected chi connectivity index (χ1v) is 12.3. The van der Waals surface area contributed by atoms with Crippen LogP contribution in [0.2, 0.25) is 0 Å². The predicted octanol–water partition coefficient (Wildman–Crippen LogP) is 3.12. The number of halogens is 3. The van der Waals surface area contributed by atoms with Crippen LogP contribution in [0.25, 0.3) is 0 Å². The summed E-state index contributed by atoms with van der Waals surface area (Å²) in [5.74, 6) is -1.45. The molecule has 0 fully saturated rings. The zero-order chi connectivity index (χ0) is 23.4. The smallest absolute Gasteiger partial charge is 0.418 e. The van der Waals surface area contributed by atoms with Crippen molar-refractivity contribution in [1.29, 1.82) is 0 Å². The van der Waals surface area contributed by atoms with Gasteiger partial charge in [0.15, 0.2) is 5.69 Å². The topological polar surface area (TPSA) is 99.6 Å². The molecular weight excluding hydrogens is 457 g/mol. The summed E-state index contributed by atoms with van der Waals surface area (Å²) in [6, 6.07) is 6.47. The summed E-state index contributed by atoms with van der Waals surface area (Å²) in [4.78, 5) is 15.9. The number of hydrogen-bond acceptors (Lipinski definition) is 6. The van der Waals surface area contributed by atoms with E-state index in [1.54, 1.807) is 6.92 Å². The molecule has 2 rings (SSSR count). The Morgan fingerprint density at radius 3 is 2.39 bits per heavy atom. The monoisotopic (exact) mass is 478 g/mol. The molecule has 12 heteroatoms. The number of hydrogen-bond donors (Lipinski definition) is 0. The number of nitrogens with zero attached hydrogens (tertiary/aromatic N) is 2. The second-order valence-corrected chi connectivity index (χ2v) is 9.97. The minimum Gasteiger partial charge on any atom is -0.616 e. The van der Waals surface area contributed by atoms with Gasteiger partial charge >= 0.3 is 12.1 Å². The SMILES string of the molecule is CCOC(=O)c1ncccc1C[S+]([O-])Cc1cccc(N(C)S(C)(=O)=O)c1C(F)(F)F. The number of ether oxygens (including phenoxy) is 1. The third-order valence-electron chi connectivity index (χ3n) is 4.24. The van der Waals surface area contributed by atoms with Gasteiger partial charge < -0.3 is 9.29 Å². The van der Waals surface area contributed by atoms with Crippen molar-refractivity contribution in [2.45, 2.75) is 24.6 Å². The second kappa shape index (κ2) is 9.88. The molecule has 0 N–H and O–H groups in total. The lowest BCUT2D eigenvalue weighted by Gasteiger charge is -2.24. The number of aromatic nitrogens is 1. The highest BCUT2D eigenvalue weighted by Crippen LogP contribution is 2.40. The average Bonchev–Trinajstić information content (AvgIpc) is 2.66. The molecule has 0 saturated carbocycles. The number of benzene rings is 1. The highest BCUT2D eigenvalue weighted by Gasteiger charge is 2.39. The molecule has 1 unspecified atom stereocenters. The van der Waals surface area contributed by atoms with E-state index in [0.717, 1.165) is 25.4 Å². The van der Waals surface area contributed by atoms with Crippen LogP contribution in [0.15, 0.2) is 36.5 Å². The molecule has 1 aromatic heterocycles. The highest BCUT2D eigenvalue weighted by molar-refractivity contribution is 7.92. The Bertz CT molecular complexity index is 1050. The molecule has 1 aromatic carbocycles. The Morgan fingerprint density at radius 1 is 1.19 bits per heavy atom. The molecule has 0 saturated heterocycles. The Hall–Kier alpha value is -2.31. The van der Waals surface area contributed by atoms with Crippen LogP contribution in [0.5, 0.6) is 0 Å². The second-order valence-electron chi connectivity index (χ2n) is 6.50. The standard InChI is InChI=1S/C19H21F3N2O5S2/c1-4-29-18(25)17-14(8-6-10-23-17)12-30(26)11-13-7-5-9-15(16(13)19(20,21)22)24(2)31(3,27)28/h5-10H,4,11-12H2,1-3H3. The number of pyridine rings is 1. The Morgan fingerprint density at radius 2 is 1.81 bits per heavy atom. The quantitative estimate of drug-likeness (QED) is 0.427. The van der Waals surface area contributed by atoms with Crippen LogP contribution >= 0.6 is 0 Å². The molecule has 0 bridgehead atoms. The van der Waals surface area contributed by atoms with Crippen LogP contribution in [-0.4, -0.2) is 43.8 Å².